The van der Waals surface area contributed by atoms with Crippen LogP contribution in [0.4, 0.5) is 5.69 Å². The minimum atomic E-state index is -0.148. The van der Waals surface area contributed by atoms with Crippen LogP contribution in [0.25, 0.3) is 6.08 Å². The topological polar surface area (TPSA) is 38.3 Å². The zero-order chi connectivity index (χ0) is 14.4. The first-order valence-electron chi connectivity index (χ1n) is 6.38. The molecule has 20 heavy (non-hydrogen) atoms. The van der Waals surface area contributed by atoms with Gasteiger partial charge in [0.25, 0.3) is 0 Å². The molecule has 0 heterocycles. The van der Waals surface area contributed by atoms with Crippen LogP contribution in [-0.4, -0.2) is 13.0 Å². The van der Waals surface area contributed by atoms with Crippen molar-refractivity contribution in [3.05, 3.63) is 65.7 Å². The van der Waals surface area contributed by atoms with Gasteiger partial charge >= 0.3 is 0 Å². The number of carbonyl (C=O) groups is 1. The van der Waals surface area contributed by atoms with E-state index < -0.39 is 0 Å². The molecular formula is C17H17NO2. The predicted molar refractivity (Wildman–Crippen MR) is 81.8 cm³/mol. The number of anilines is 1. The molecule has 1 N–H and O–H groups in total. The summed E-state index contributed by atoms with van der Waals surface area (Å²) in [4.78, 5) is 11.8. The first kappa shape index (κ1) is 13.9. The molecule has 2 rings (SSSR count). The van der Waals surface area contributed by atoms with E-state index in [4.69, 9.17) is 4.74 Å². The third kappa shape index (κ3) is 3.72. The molecule has 0 unspecified atom stereocenters. The number of nitrogens with one attached hydrogen (secondary N) is 1. The molecule has 102 valence electrons. The second kappa shape index (κ2) is 6.57. The van der Waals surface area contributed by atoms with Gasteiger partial charge in [0.05, 0.1) is 7.11 Å². The maximum atomic E-state index is 11.8. The molecule has 2 aromatic rings. The summed E-state index contributed by atoms with van der Waals surface area (Å²) in [6, 6.07) is 15.2. The summed E-state index contributed by atoms with van der Waals surface area (Å²) in [6.45, 7) is 1.97. The second-order valence-corrected chi connectivity index (χ2v) is 4.42. The van der Waals surface area contributed by atoms with Gasteiger partial charge in [0.2, 0.25) is 5.91 Å². The van der Waals surface area contributed by atoms with Crippen LogP contribution in [0.3, 0.4) is 0 Å². The fourth-order valence-corrected chi connectivity index (χ4v) is 1.88. The van der Waals surface area contributed by atoms with E-state index in [0.29, 0.717) is 0 Å². The Morgan fingerprint density at radius 3 is 2.55 bits per heavy atom. The van der Waals surface area contributed by atoms with Crippen molar-refractivity contribution >= 4 is 17.7 Å². The van der Waals surface area contributed by atoms with E-state index in [2.05, 4.69) is 5.32 Å². The highest BCUT2D eigenvalue weighted by atomic mass is 16.5. The van der Waals surface area contributed by atoms with Gasteiger partial charge in [0, 0.05) is 11.8 Å². The van der Waals surface area contributed by atoms with Gasteiger partial charge in [0.1, 0.15) is 5.75 Å². The minimum Gasteiger partial charge on any atom is -0.496 e. The van der Waals surface area contributed by atoms with Crippen molar-refractivity contribution in [2.24, 2.45) is 0 Å². The Morgan fingerprint density at radius 1 is 1.15 bits per heavy atom. The Labute approximate surface area is 118 Å². The first-order valence-corrected chi connectivity index (χ1v) is 6.38. The van der Waals surface area contributed by atoms with Crippen LogP contribution in [0.2, 0.25) is 0 Å². The molecule has 0 fully saturated rings. The lowest BCUT2D eigenvalue weighted by Gasteiger charge is -2.05. The van der Waals surface area contributed by atoms with Crippen LogP contribution in [0.1, 0.15) is 11.1 Å². The maximum Gasteiger partial charge on any atom is 0.248 e. The summed E-state index contributed by atoms with van der Waals surface area (Å²) in [5.41, 5.74) is 2.79. The molecule has 0 saturated heterocycles. The molecule has 0 spiro atoms. The average Bonchev–Trinajstić information content (AvgIpc) is 2.46. The SMILES string of the molecule is COc1ccc(/C=C/C(=O)Nc2ccccc2)cc1C. The van der Waals surface area contributed by atoms with E-state index in [-0.39, 0.29) is 5.91 Å². The van der Waals surface area contributed by atoms with Gasteiger partial charge in [0.15, 0.2) is 0 Å². The Kier molecular flexibility index (Phi) is 4.56. The molecule has 0 radical (unpaired) electrons. The van der Waals surface area contributed by atoms with Gasteiger partial charge in [-0.3, -0.25) is 4.79 Å². The highest BCUT2D eigenvalue weighted by molar-refractivity contribution is 6.01. The summed E-state index contributed by atoms with van der Waals surface area (Å²) in [6.07, 6.45) is 3.30. The van der Waals surface area contributed by atoms with Crippen molar-refractivity contribution in [3.8, 4) is 5.75 Å². The average molecular weight is 267 g/mol. The van der Waals surface area contributed by atoms with Crippen molar-refractivity contribution in [2.75, 3.05) is 12.4 Å². The number of carbonyl (C=O) groups excluding carboxylic acids is 1. The van der Waals surface area contributed by atoms with E-state index in [1.54, 1.807) is 13.2 Å². The Hall–Kier alpha value is -2.55. The summed E-state index contributed by atoms with van der Waals surface area (Å²) in [5.74, 6) is 0.695. The minimum absolute atomic E-state index is 0.148. The molecule has 0 saturated carbocycles. The molecule has 0 aliphatic heterocycles. The second-order valence-electron chi connectivity index (χ2n) is 4.42. The van der Waals surface area contributed by atoms with Gasteiger partial charge < -0.3 is 10.1 Å². The Balaban J connectivity index is 2.02. The van der Waals surface area contributed by atoms with Crippen LogP contribution in [0.5, 0.6) is 5.75 Å². The number of hydrogen-bond donors (Lipinski definition) is 1. The van der Waals surface area contributed by atoms with Crippen LogP contribution in [0.15, 0.2) is 54.6 Å². The van der Waals surface area contributed by atoms with Crippen molar-refractivity contribution in [2.45, 2.75) is 6.92 Å². The molecular weight excluding hydrogens is 250 g/mol. The number of rotatable bonds is 4. The molecule has 0 aromatic heterocycles. The fourth-order valence-electron chi connectivity index (χ4n) is 1.88. The normalized spacial score (nSPS) is 10.5. The van der Waals surface area contributed by atoms with Gasteiger partial charge in [-0.1, -0.05) is 24.3 Å². The molecule has 3 heteroatoms. The van der Waals surface area contributed by atoms with E-state index in [1.165, 1.54) is 6.08 Å². The van der Waals surface area contributed by atoms with E-state index in [9.17, 15) is 4.79 Å². The van der Waals surface area contributed by atoms with Gasteiger partial charge in [-0.05, 0) is 48.4 Å². The number of methoxy groups -OCH3 is 1. The smallest absolute Gasteiger partial charge is 0.248 e. The third-order valence-electron chi connectivity index (χ3n) is 2.89. The van der Waals surface area contributed by atoms with Crippen molar-refractivity contribution in [1.29, 1.82) is 0 Å². The number of para-hydroxylation sites is 1. The predicted octanol–water partition coefficient (Wildman–Crippen LogP) is 3.66. The van der Waals surface area contributed by atoms with Crippen LogP contribution >= 0.6 is 0 Å². The van der Waals surface area contributed by atoms with E-state index in [1.807, 2.05) is 55.5 Å². The summed E-state index contributed by atoms with van der Waals surface area (Å²) in [5, 5.41) is 2.80. The lowest BCUT2D eigenvalue weighted by molar-refractivity contribution is -0.111. The monoisotopic (exact) mass is 267 g/mol. The maximum absolute atomic E-state index is 11.8. The summed E-state index contributed by atoms with van der Waals surface area (Å²) >= 11 is 0. The molecule has 0 atom stereocenters. The van der Waals surface area contributed by atoms with Crippen LogP contribution in [-0.2, 0) is 4.79 Å². The molecule has 0 bridgehead atoms. The van der Waals surface area contributed by atoms with E-state index >= 15 is 0 Å². The highest BCUT2D eigenvalue weighted by Gasteiger charge is 1.99. The highest BCUT2D eigenvalue weighted by Crippen LogP contribution is 2.19. The summed E-state index contributed by atoms with van der Waals surface area (Å²) in [7, 11) is 1.64. The lowest BCUT2D eigenvalue weighted by atomic mass is 10.1. The Bertz CT molecular complexity index is 618. The van der Waals surface area contributed by atoms with Crippen molar-refractivity contribution < 1.29 is 9.53 Å². The molecule has 2 aromatic carbocycles. The molecule has 1 amide bonds. The Morgan fingerprint density at radius 2 is 1.90 bits per heavy atom. The van der Waals surface area contributed by atoms with Gasteiger partial charge in [-0.2, -0.15) is 0 Å². The van der Waals surface area contributed by atoms with Crippen molar-refractivity contribution in [3.63, 3.8) is 0 Å². The number of benzene rings is 2. The van der Waals surface area contributed by atoms with Gasteiger partial charge in [-0.25, -0.2) is 0 Å². The lowest BCUT2D eigenvalue weighted by Crippen LogP contribution is -2.07. The standard InChI is InChI=1S/C17H17NO2/c1-13-12-14(8-10-16(13)20-2)9-11-17(19)18-15-6-4-3-5-7-15/h3-12H,1-2H3,(H,18,19)/b11-9+. The summed E-state index contributed by atoms with van der Waals surface area (Å²) < 4.78 is 5.20. The van der Waals surface area contributed by atoms with E-state index in [0.717, 1.165) is 22.6 Å². The molecule has 0 aliphatic rings. The quantitative estimate of drug-likeness (QED) is 0.859. The van der Waals surface area contributed by atoms with Gasteiger partial charge in [-0.15, -0.1) is 0 Å². The molecule has 3 nitrogen and oxygen atoms in total. The van der Waals surface area contributed by atoms with Crippen molar-refractivity contribution in [1.82, 2.24) is 0 Å². The number of hydrogen-bond acceptors (Lipinski definition) is 2. The largest absolute Gasteiger partial charge is 0.496 e. The van der Waals surface area contributed by atoms with Crippen LogP contribution < -0.4 is 10.1 Å². The van der Waals surface area contributed by atoms with Crippen LogP contribution in [0, 0.1) is 6.92 Å². The number of ether oxygens (including phenoxy) is 1. The zero-order valence-corrected chi connectivity index (χ0v) is 11.6. The number of amides is 1. The fraction of sp³-hybridized carbons (Fsp3) is 0.118. The zero-order valence-electron chi connectivity index (χ0n) is 11.6. The molecule has 0 aliphatic carbocycles. The first-order chi connectivity index (χ1) is 9.69. The third-order valence-corrected chi connectivity index (χ3v) is 2.89. The number of aryl methyl sites for hydroxylation is 1.